The number of fused-ring (bicyclic) bond motifs is 1. The van der Waals surface area contributed by atoms with Crippen LogP contribution >= 0.6 is 27.5 Å². The normalized spacial score (nSPS) is 15.2. The van der Waals surface area contributed by atoms with Gasteiger partial charge in [0.15, 0.2) is 0 Å². The maximum Gasteiger partial charge on any atom is 0.289 e. The van der Waals surface area contributed by atoms with Crippen molar-refractivity contribution in [2.24, 2.45) is 4.40 Å². The summed E-state index contributed by atoms with van der Waals surface area (Å²) in [6.07, 6.45) is 0. The lowest BCUT2D eigenvalue weighted by Crippen LogP contribution is -2.28. The highest BCUT2D eigenvalue weighted by molar-refractivity contribution is 9.10. The number of rotatable bonds is 2. The van der Waals surface area contributed by atoms with Gasteiger partial charge in [-0.3, -0.25) is 0 Å². The minimum atomic E-state index is -3.95. The molecule has 2 aromatic rings. The third kappa shape index (κ3) is 3.01. The lowest BCUT2D eigenvalue weighted by atomic mass is 10.3. The number of nitrogens with one attached hydrogen (secondary N) is 2. The molecule has 0 saturated heterocycles. The number of benzene rings is 2. The monoisotopic (exact) mass is 415 g/mol. The van der Waals surface area contributed by atoms with E-state index in [9.17, 15) is 8.42 Å². The van der Waals surface area contributed by atoms with Crippen LogP contribution in [-0.4, -0.2) is 21.5 Å². The van der Waals surface area contributed by atoms with Gasteiger partial charge < -0.3 is 15.4 Å². The van der Waals surface area contributed by atoms with Crippen molar-refractivity contribution in [3.63, 3.8) is 0 Å². The maximum atomic E-state index is 12.4. The van der Waals surface area contributed by atoms with Crippen LogP contribution in [0.15, 0.2) is 50.2 Å². The predicted molar refractivity (Wildman–Crippen MR) is 94.0 cm³/mol. The zero-order valence-corrected chi connectivity index (χ0v) is 15.0. The Bertz CT molecular complexity index is 915. The zero-order chi connectivity index (χ0) is 16.6. The van der Waals surface area contributed by atoms with E-state index < -0.39 is 10.0 Å². The molecular formula is C14H11BrClN3O3S. The Hall–Kier alpha value is -1.77. The number of para-hydroxylation sites is 1. The van der Waals surface area contributed by atoms with Crippen molar-refractivity contribution >= 4 is 54.9 Å². The first-order valence-corrected chi connectivity index (χ1v) is 9.03. The summed E-state index contributed by atoms with van der Waals surface area (Å²) < 4.78 is 34.6. The molecule has 6 nitrogen and oxygen atoms in total. The van der Waals surface area contributed by atoms with Crippen molar-refractivity contribution in [3.8, 4) is 5.75 Å². The number of methoxy groups -OCH3 is 1. The van der Waals surface area contributed by atoms with E-state index >= 15 is 0 Å². The summed E-state index contributed by atoms with van der Waals surface area (Å²) in [5.74, 6) is 0.416. The van der Waals surface area contributed by atoms with Crippen molar-refractivity contribution in [1.29, 1.82) is 0 Å². The highest BCUT2D eigenvalue weighted by Crippen LogP contribution is 2.40. The zero-order valence-electron chi connectivity index (χ0n) is 11.8. The Balaban J connectivity index is 2.07. The van der Waals surface area contributed by atoms with Gasteiger partial charge in [-0.15, -0.1) is 4.40 Å². The third-order valence-electron chi connectivity index (χ3n) is 3.13. The van der Waals surface area contributed by atoms with Crippen LogP contribution < -0.4 is 15.4 Å². The van der Waals surface area contributed by atoms with Crippen LogP contribution in [0.2, 0.25) is 5.02 Å². The average molecular weight is 417 g/mol. The van der Waals surface area contributed by atoms with E-state index in [0.717, 1.165) is 4.47 Å². The fourth-order valence-electron chi connectivity index (χ4n) is 2.13. The second-order valence-electron chi connectivity index (χ2n) is 4.60. The Labute approximate surface area is 146 Å². The molecule has 0 saturated carbocycles. The smallest absolute Gasteiger partial charge is 0.289 e. The topological polar surface area (TPSA) is 79.8 Å². The summed E-state index contributed by atoms with van der Waals surface area (Å²) in [5.41, 5.74) is 0.919. The average Bonchev–Trinajstić information content (AvgIpc) is 2.49. The molecule has 2 aromatic carbocycles. The van der Waals surface area contributed by atoms with Crippen LogP contribution in [0, 0.1) is 0 Å². The van der Waals surface area contributed by atoms with Gasteiger partial charge in [0.2, 0.25) is 5.96 Å². The summed E-state index contributed by atoms with van der Waals surface area (Å²) in [4.78, 5) is -0.101. The van der Waals surface area contributed by atoms with Crippen LogP contribution in [0.25, 0.3) is 0 Å². The van der Waals surface area contributed by atoms with E-state index in [1.54, 1.807) is 12.1 Å². The summed E-state index contributed by atoms with van der Waals surface area (Å²) >= 11 is 9.40. The molecule has 3 rings (SSSR count). The van der Waals surface area contributed by atoms with E-state index in [-0.39, 0.29) is 21.6 Å². The van der Waals surface area contributed by atoms with Gasteiger partial charge in [0.1, 0.15) is 16.3 Å². The number of halogens is 2. The van der Waals surface area contributed by atoms with Crippen molar-refractivity contribution < 1.29 is 13.2 Å². The van der Waals surface area contributed by atoms with Crippen molar-refractivity contribution in [2.75, 3.05) is 17.7 Å². The molecule has 23 heavy (non-hydrogen) atoms. The van der Waals surface area contributed by atoms with Gasteiger partial charge in [0.05, 0.1) is 17.8 Å². The number of nitrogens with zero attached hydrogens (tertiary/aromatic N) is 1. The fraction of sp³-hybridized carbons (Fsp3) is 0.0714. The molecule has 1 heterocycles. The Morgan fingerprint density at radius 3 is 2.70 bits per heavy atom. The number of sulfonamides is 1. The molecule has 0 aliphatic carbocycles. The highest BCUT2D eigenvalue weighted by Gasteiger charge is 2.30. The summed E-state index contributed by atoms with van der Waals surface area (Å²) in [6, 6.07) is 10.3. The Morgan fingerprint density at radius 1 is 1.26 bits per heavy atom. The summed E-state index contributed by atoms with van der Waals surface area (Å²) in [5, 5.41) is 5.93. The molecule has 0 aromatic heterocycles. The van der Waals surface area contributed by atoms with Gasteiger partial charge >= 0.3 is 0 Å². The second kappa shape index (κ2) is 6.03. The van der Waals surface area contributed by atoms with Crippen LogP contribution in [-0.2, 0) is 10.0 Å². The molecule has 0 unspecified atom stereocenters. The molecule has 2 N–H and O–H groups in total. The van der Waals surface area contributed by atoms with E-state index in [4.69, 9.17) is 16.3 Å². The SMILES string of the molecule is COc1ccc(Cl)c2c1NC(Nc1ccccc1Br)=NS2(=O)=O. The maximum absolute atomic E-state index is 12.4. The quantitative estimate of drug-likeness (QED) is 0.780. The third-order valence-corrected chi connectivity index (χ3v) is 5.61. The summed E-state index contributed by atoms with van der Waals surface area (Å²) in [6.45, 7) is 0. The van der Waals surface area contributed by atoms with Crippen LogP contribution in [0.3, 0.4) is 0 Å². The van der Waals surface area contributed by atoms with E-state index in [1.807, 2.05) is 18.2 Å². The molecule has 1 aliphatic rings. The molecular weight excluding hydrogens is 406 g/mol. The van der Waals surface area contributed by atoms with Crippen LogP contribution in [0.5, 0.6) is 5.75 Å². The number of guanidine groups is 1. The first kappa shape index (κ1) is 16.1. The fourth-order valence-corrected chi connectivity index (χ4v) is 4.11. The highest BCUT2D eigenvalue weighted by atomic mass is 79.9. The van der Waals surface area contributed by atoms with Crippen molar-refractivity contribution in [3.05, 3.63) is 45.9 Å². The molecule has 0 radical (unpaired) electrons. The van der Waals surface area contributed by atoms with Gasteiger partial charge in [-0.1, -0.05) is 23.7 Å². The van der Waals surface area contributed by atoms with Gasteiger partial charge in [-0.25, -0.2) is 0 Å². The molecule has 0 amide bonds. The molecule has 0 spiro atoms. The largest absolute Gasteiger partial charge is 0.495 e. The molecule has 0 atom stereocenters. The Kier molecular flexibility index (Phi) is 4.22. The van der Waals surface area contributed by atoms with Crippen LogP contribution in [0.1, 0.15) is 0 Å². The lowest BCUT2D eigenvalue weighted by molar-refractivity contribution is 0.415. The molecule has 9 heteroatoms. The number of hydrogen-bond donors (Lipinski definition) is 2. The second-order valence-corrected chi connectivity index (χ2v) is 7.40. The Morgan fingerprint density at radius 2 is 2.00 bits per heavy atom. The lowest BCUT2D eigenvalue weighted by Gasteiger charge is -2.22. The predicted octanol–water partition coefficient (Wildman–Crippen LogP) is 3.69. The van der Waals surface area contributed by atoms with Gasteiger partial charge in [-0.2, -0.15) is 8.42 Å². The molecule has 120 valence electrons. The number of ether oxygens (including phenoxy) is 1. The van der Waals surface area contributed by atoms with E-state index in [0.29, 0.717) is 11.4 Å². The van der Waals surface area contributed by atoms with E-state index in [1.165, 1.54) is 13.2 Å². The van der Waals surface area contributed by atoms with Gasteiger partial charge in [0, 0.05) is 4.47 Å². The minimum absolute atomic E-state index is 0.0602. The molecule has 0 fully saturated rings. The summed E-state index contributed by atoms with van der Waals surface area (Å²) in [7, 11) is -2.50. The molecule has 1 aliphatic heterocycles. The first-order valence-electron chi connectivity index (χ1n) is 6.42. The van der Waals surface area contributed by atoms with Crippen LogP contribution in [0.4, 0.5) is 11.4 Å². The van der Waals surface area contributed by atoms with Crippen molar-refractivity contribution in [2.45, 2.75) is 4.90 Å². The van der Waals surface area contributed by atoms with Gasteiger partial charge in [-0.05, 0) is 40.2 Å². The minimum Gasteiger partial charge on any atom is -0.495 e. The van der Waals surface area contributed by atoms with E-state index in [2.05, 4.69) is 31.0 Å². The number of anilines is 2. The molecule has 0 bridgehead atoms. The van der Waals surface area contributed by atoms with Crippen molar-refractivity contribution in [1.82, 2.24) is 0 Å². The van der Waals surface area contributed by atoms with Gasteiger partial charge in [0.25, 0.3) is 10.0 Å². The number of hydrogen-bond acceptors (Lipinski definition) is 5. The standard InChI is InChI=1S/C14H11BrClN3O3S/c1-22-11-7-6-9(16)13-12(11)18-14(19-23(13,20)21)17-10-5-3-2-4-8(10)15/h2-7H,1H3,(H2,17,18,19). The first-order chi connectivity index (χ1) is 10.9.